The zero-order valence-electron chi connectivity index (χ0n) is 11.1. The Bertz CT molecular complexity index is 449. The predicted octanol–water partition coefficient (Wildman–Crippen LogP) is 3.78. The molecule has 104 valence electrons. The van der Waals surface area contributed by atoms with Gasteiger partial charge in [-0.15, -0.1) is 11.3 Å². The van der Waals surface area contributed by atoms with Crippen LogP contribution >= 0.6 is 27.3 Å². The van der Waals surface area contributed by atoms with Crippen LogP contribution in [0.5, 0.6) is 0 Å². The quantitative estimate of drug-likeness (QED) is 0.829. The summed E-state index contributed by atoms with van der Waals surface area (Å²) < 4.78 is 0. The van der Waals surface area contributed by atoms with E-state index in [2.05, 4.69) is 27.3 Å². The highest BCUT2D eigenvalue weighted by atomic mass is 79.9. The maximum atomic E-state index is 12.2. The zero-order chi connectivity index (χ0) is 13.2. The number of nitrogens with one attached hydrogen (secondary N) is 1. The number of carbonyl (C=O) groups is 1. The molecule has 0 saturated heterocycles. The van der Waals surface area contributed by atoms with Crippen molar-refractivity contribution < 1.29 is 4.79 Å². The minimum atomic E-state index is 0.139. The molecule has 2 unspecified atom stereocenters. The first-order chi connectivity index (χ1) is 9.28. The molecule has 1 saturated carbocycles. The Labute approximate surface area is 127 Å². The van der Waals surface area contributed by atoms with Gasteiger partial charge in [0, 0.05) is 16.8 Å². The van der Waals surface area contributed by atoms with Gasteiger partial charge in [-0.25, -0.2) is 0 Å². The SMILES string of the molecule is O=C(NCC1CCCC1CBr)c1cc2c(s1)CCC2. The van der Waals surface area contributed by atoms with Crippen molar-refractivity contribution in [3.63, 3.8) is 0 Å². The smallest absolute Gasteiger partial charge is 0.261 e. The predicted molar refractivity (Wildman–Crippen MR) is 83.3 cm³/mol. The van der Waals surface area contributed by atoms with Crippen molar-refractivity contribution in [2.24, 2.45) is 11.8 Å². The largest absolute Gasteiger partial charge is 0.351 e. The Morgan fingerprint density at radius 1 is 1.32 bits per heavy atom. The van der Waals surface area contributed by atoms with Crippen LogP contribution in [-0.4, -0.2) is 17.8 Å². The minimum absolute atomic E-state index is 0.139. The summed E-state index contributed by atoms with van der Waals surface area (Å²) in [5.41, 5.74) is 1.41. The van der Waals surface area contributed by atoms with E-state index in [1.54, 1.807) is 11.3 Å². The maximum Gasteiger partial charge on any atom is 0.261 e. The summed E-state index contributed by atoms with van der Waals surface area (Å²) in [6, 6.07) is 2.11. The Morgan fingerprint density at radius 2 is 2.16 bits per heavy atom. The number of thiophene rings is 1. The molecule has 0 radical (unpaired) electrons. The van der Waals surface area contributed by atoms with Gasteiger partial charge < -0.3 is 5.32 Å². The van der Waals surface area contributed by atoms with E-state index in [0.717, 1.165) is 29.1 Å². The fourth-order valence-corrected chi connectivity index (χ4v) is 5.36. The molecule has 4 heteroatoms. The lowest BCUT2D eigenvalue weighted by Gasteiger charge is -2.17. The van der Waals surface area contributed by atoms with Gasteiger partial charge in [-0.3, -0.25) is 4.79 Å². The number of alkyl halides is 1. The van der Waals surface area contributed by atoms with Crippen molar-refractivity contribution in [1.82, 2.24) is 5.32 Å². The molecule has 1 fully saturated rings. The average Bonchev–Trinajstić information content (AvgIpc) is 3.09. The summed E-state index contributed by atoms with van der Waals surface area (Å²) in [6.07, 6.45) is 7.47. The lowest BCUT2D eigenvalue weighted by atomic mass is 9.98. The Hall–Kier alpha value is -0.350. The van der Waals surface area contributed by atoms with Crippen molar-refractivity contribution in [1.29, 1.82) is 0 Å². The van der Waals surface area contributed by atoms with Crippen molar-refractivity contribution in [3.05, 3.63) is 21.4 Å². The summed E-state index contributed by atoms with van der Waals surface area (Å²) in [7, 11) is 0. The van der Waals surface area contributed by atoms with Gasteiger partial charge in [0.25, 0.3) is 5.91 Å². The number of carbonyl (C=O) groups excluding carboxylic acids is 1. The molecule has 0 aliphatic heterocycles. The number of aryl methyl sites for hydroxylation is 2. The number of rotatable bonds is 4. The van der Waals surface area contributed by atoms with Crippen LogP contribution in [0.25, 0.3) is 0 Å². The number of hydrogen-bond donors (Lipinski definition) is 1. The summed E-state index contributed by atoms with van der Waals surface area (Å²) in [4.78, 5) is 14.5. The molecule has 1 aromatic heterocycles. The van der Waals surface area contributed by atoms with Crippen LogP contribution in [0.1, 0.15) is 45.8 Å². The highest BCUT2D eigenvalue weighted by Gasteiger charge is 2.27. The van der Waals surface area contributed by atoms with E-state index in [-0.39, 0.29) is 5.91 Å². The van der Waals surface area contributed by atoms with Crippen molar-refractivity contribution >= 4 is 33.2 Å². The molecule has 2 atom stereocenters. The third-order valence-corrected chi connectivity index (χ3v) is 6.58. The molecule has 2 aliphatic carbocycles. The second-order valence-corrected chi connectivity index (χ2v) is 7.51. The molecule has 1 N–H and O–H groups in total. The topological polar surface area (TPSA) is 29.1 Å². The van der Waals surface area contributed by atoms with Crippen molar-refractivity contribution in [3.8, 4) is 0 Å². The van der Waals surface area contributed by atoms with Gasteiger partial charge in [0.1, 0.15) is 0 Å². The molecular formula is C15H20BrNOS. The molecule has 3 rings (SSSR count). The normalized spacial score (nSPS) is 25.5. The molecule has 0 aromatic carbocycles. The van der Waals surface area contributed by atoms with E-state index in [1.807, 2.05) is 0 Å². The molecule has 2 nitrogen and oxygen atoms in total. The molecule has 1 amide bonds. The number of halogens is 1. The Balaban J connectivity index is 1.56. The van der Waals surface area contributed by atoms with Gasteiger partial charge in [0.2, 0.25) is 0 Å². The summed E-state index contributed by atoms with van der Waals surface area (Å²) in [5.74, 6) is 1.54. The van der Waals surface area contributed by atoms with Crippen molar-refractivity contribution in [2.75, 3.05) is 11.9 Å². The molecule has 1 aromatic rings. The van der Waals surface area contributed by atoms with Crippen LogP contribution in [0.3, 0.4) is 0 Å². The fraction of sp³-hybridized carbons (Fsp3) is 0.667. The van der Waals surface area contributed by atoms with Crippen LogP contribution in [0.4, 0.5) is 0 Å². The second-order valence-electron chi connectivity index (χ2n) is 5.73. The first-order valence-electron chi connectivity index (χ1n) is 7.23. The third-order valence-electron chi connectivity index (χ3n) is 4.51. The highest BCUT2D eigenvalue weighted by Crippen LogP contribution is 2.33. The maximum absolute atomic E-state index is 12.2. The second kappa shape index (κ2) is 5.96. The van der Waals surface area contributed by atoms with Gasteiger partial charge in [0.15, 0.2) is 0 Å². The first-order valence-corrected chi connectivity index (χ1v) is 9.17. The monoisotopic (exact) mass is 341 g/mol. The van der Waals surface area contributed by atoms with Crippen LogP contribution < -0.4 is 5.32 Å². The molecule has 0 spiro atoms. The summed E-state index contributed by atoms with van der Waals surface area (Å²) >= 11 is 5.29. The van der Waals surface area contributed by atoms with E-state index in [1.165, 1.54) is 42.5 Å². The van der Waals surface area contributed by atoms with Gasteiger partial charge >= 0.3 is 0 Å². The van der Waals surface area contributed by atoms with Gasteiger partial charge in [0.05, 0.1) is 4.88 Å². The summed E-state index contributed by atoms with van der Waals surface area (Å²) in [6.45, 7) is 0.845. The Kier molecular flexibility index (Phi) is 4.27. The van der Waals surface area contributed by atoms with Gasteiger partial charge in [-0.05, 0) is 55.6 Å². The lowest BCUT2D eigenvalue weighted by molar-refractivity contribution is 0.0949. The molecule has 19 heavy (non-hydrogen) atoms. The van der Waals surface area contributed by atoms with Crippen LogP contribution in [0.2, 0.25) is 0 Å². The minimum Gasteiger partial charge on any atom is -0.351 e. The molecule has 0 bridgehead atoms. The van der Waals surface area contributed by atoms with Crippen LogP contribution in [0, 0.1) is 11.8 Å². The zero-order valence-corrected chi connectivity index (χ0v) is 13.5. The fourth-order valence-electron chi connectivity index (χ4n) is 3.34. The van der Waals surface area contributed by atoms with Gasteiger partial charge in [-0.2, -0.15) is 0 Å². The average molecular weight is 342 g/mol. The van der Waals surface area contributed by atoms with E-state index >= 15 is 0 Å². The number of hydrogen-bond acceptors (Lipinski definition) is 2. The molecular weight excluding hydrogens is 322 g/mol. The first kappa shape index (κ1) is 13.6. The Morgan fingerprint density at radius 3 is 2.95 bits per heavy atom. The van der Waals surface area contributed by atoms with E-state index in [0.29, 0.717) is 5.92 Å². The van der Waals surface area contributed by atoms with E-state index in [9.17, 15) is 4.79 Å². The number of fused-ring (bicyclic) bond motifs is 1. The van der Waals surface area contributed by atoms with Crippen LogP contribution in [0.15, 0.2) is 6.07 Å². The highest BCUT2D eigenvalue weighted by molar-refractivity contribution is 9.09. The third kappa shape index (κ3) is 2.89. The standard InChI is InChI=1S/C15H20BrNOS/c16-8-11-4-1-5-12(11)9-17-15(18)14-7-10-3-2-6-13(10)19-14/h7,11-12H,1-6,8-9H2,(H,17,18). The van der Waals surface area contributed by atoms with E-state index < -0.39 is 0 Å². The lowest BCUT2D eigenvalue weighted by Crippen LogP contribution is -2.30. The van der Waals surface area contributed by atoms with Crippen molar-refractivity contribution in [2.45, 2.75) is 38.5 Å². The van der Waals surface area contributed by atoms with Crippen LogP contribution in [-0.2, 0) is 12.8 Å². The molecule has 1 heterocycles. The number of amides is 1. The van der Waals surface area contributed by atoms with E-state index in [4.69, 9.17) is 0 Å². The molecule has 2 aliphatic rings. The van der Waals surface area contributed by atoms with Gasteiger partial charge in [-0.1, -0.05) is 22.4 Å². The summed E-state index contributed by atoms with van der Waals surface area (Å²) in [5, 5.41) is 4.21.